The third-order valence-corrected chi connectivity index (χ3v) is 6.91. The SMILES string of the molecule is O=C(CCS(=O)(=O)C1CCCC1)Nc1cccc(OCc2ccccn2)c1. The Balaban J connectivity index is 1.50. The second kappa shape index (κ2) is 8.99. The lowest BCUT2D eigenvalue weighted by molar-refractivity contribution is -0.115. The summed E-state index contributed by atoms with van der Waals surface area (Å²) < 4.78 is 30.2. The van der Waals surface area contributed by atoms with Crippen molar-refractivity contribution in [1.82, 2.24) is 4.98 Å². The van der Waals surface area contributed by atoms with E-state index in [1.54, 1.807) is 30.5 Å². The molecule has 1 N–H and O–H groups in total. The minimum absolute atomic E-state index is 0.0299. The highest BCUT2D eigenvalue weighted by Gasteiger charge is 2.28. The van der Waals surface area contributed by atoms with E-state index in [4.69, 9.17) is 4.74 Å². The predicted molar refractivity (Wildman–Crippen MR) is 104 cm³/mol. The van der Waals surface area contributed by atoms with Gasteiger partial charge in [-0.1, -0.05) is 25.0 Å². The zero-order valence-electron chi connectivity index (χ0n) is 15.1. The summed E-state index contributed by atoms with van der Waals surface area (Å²) in [6.07, 6.45) is 5.04. The number of carbonyl (C=O) groups excluding carboxylic acids is 1. The number of pyridine rings is 1. The first-order valence-corrected chi connectivity index (χ1v) is 10.9. The predicted octanol–water partition coefficient (Wildman–Crippen LogP) is 3.35. The zero-order chi connectivity index (χ0) is 19.1. The van der Waals surface area contributed by atoms with E-state index in [-0.39, 0.29) is 23.3 Å². The lowest BCUT2D eigenvalue weighted by Gasteiger charge is -2.11. The van der Waals surface area contributed by atoms with Gasteiger partial charge in [0.1, 0.15) is 12.4 Å². The van der Waals surface area contributed by atoms with Crippen molar-refractivity contribution in [2.75, 3.05) is 11.1 Å². The molecule has 6 nitrogen and oxygen atoms in total. The van der Waals surface area contributed by atoms with E-state index in [9.17, 15) is 13.2 Å². The zero-order valence-corrected chi connectivity index (χ0v) is 16.0. The van der Waals surface area contributed by atoms with Crippen LogP contribution in [0.3, 0.4) is 0 Å². The van der Waals surface area contributed by atoms with Gasteiger partial charge in [-0.05, 0) is 37.1 Å². The van der Waals surface area contributed by atoms with Crippen LogP contribution < -0.4 is 10.1 Å². The van der Waals surface area contributed by atoms with Gasteiger partial charge in [-0.25, -0.2) is 8.42 Å². The summed E-state index contributed by atoms with van der Waals surface area (Å²) in [5, 5.41) is 2.47. The minimum atomic E-state index is -3.19. The van der Waals surface area contributed by atoms with Crippen LogP contribution in [0.5, 0.6) is 5.75 Å². The number of amides is 1. The Kier molecular flexibility index (Phi) is 6.45. The number of carbonyl (C=O) groups is 1. The molecule has 1 aromatic carbocycles. The van der Waals surface area contributed by atoms with Crippen LogP contribution in [-0.4, -0.2) is 30.3 Å². The van der Waals surface area contributed by atoms with Crippen molar-refractivity contribution in [3.63, 3.8) is 0 Å². The van der Waals surface area contributed by atoms with Gasteiger partial charge in [0.15, 0.2) is 9.84 Å². The van der Waals surface area contributed by atoms with Crippen molar-refractivity contribution < 1.29 is 17.9 Å². The highest BCUT2D eigenvalue weighted by molar-refractivity contribution is 7.92. The first kappa shape index (κ1) is 19.4. The van der Waals surface area contributed by atoms with E-state index in [0.29, 0.717) is 18.0 Å². The summed E-state index contributed by atoms with van der Waals surface area (Å²) in [7, 11) is -3.19. The van der Waals surface area contributed by atoms with Crippen molar-refractivity contribution in [2.45, 2.75) is 44.0 Å². The molecule has 1 saturated carbocycles. The standard InChI is InChI=1S/C20H24N2O4S/c23-20(11-13-27(24,25)19-9-1-2-10-19)22-16-7-5-8-18(14-16)26-15-17-6-3-4-12-21-17/h3-8,12,14,19H,1-2,9-11,13,15H2,(H,22,23). The maximum Gasteiger partial charge on any atom is 0.225 e. The van der Waals surface area contributed by atoms with E-state index in [1.807, 2.05) is 18.2 Å². The number of aromatic nitrogens is 1. The van der Waals surface area contributed by atoms with Gasteiger partial charge < -0.3 is 10.1 Å². The fraction of sp³-hybridized carbons (Fsp3) is 0.400. The molecule has 0 unspecified atom stereocenters. The Morgan fingerprint density at radius 3 is 2.70 bits per heavy atom. The molecule has 0 spiro atoms. The number of hydrogen-bond donors (Lipinski definition) is 1. The highest BCUT2D eigenvalue weighted by Crippen LogP contribution is 2.25. The summed E-state index contributed by atoms with van der Waals surface area (Å²) in [4.78, 5) is 16.3. The van der Waals surface area contributed by atoms with Crippen LogP contribution in [0.4, 0.5) is 5.69 Å². The molecule has 0 bridgehead atoms. The number of nitrogens with zero attached hydrogens (tertiary/aromatic N) is 1. The Hall–Kier alpha value is -2.41. The maximum atomic E-state index is 12.3. The van der Waals surface area contributed by atoms with Gasteiger partial charge in [-0.2, -0.15) is 0 Å². The van der Waals surface area contributed by atoms with Crippen molar-refractivity contribution >= 4 is 21.4 Å². The van der Waals surface area contributed by atoms with Crippen molar-refractivity contribution in [3.05, 3.63) is 54.4 Å². The molecule has 2 aromatic rings. The average Bonchev–Trinajstić information content (AvgIpc) is 3.22. The monoisotopic (exact) mass is 388 g/mol. The van der Waals surface area contributed by atoms with Crippen molar-refractivity contribution in [1.29, 1.82) is 0 Å². The number of anilines is 1. The molecular formula is C20H24N2O4S. The Morgan fingerprint density at radius 2 is 1.96 bits per heavy atom. The maximum absolute atomic E-state index is 12.3. The molecule has 7 heteroatoms. The van der Waals surface area contributed by atoms with Crippen LogP contribution in [0.2, 0.25) is 0 Å². The van der Waals surface area contributed by atoms with Gasteiger partial charge in [0.2, 0.25) is 5.91 Å². The summed E-state index contributed by atoms with van der Waals surface area (Å²) in [5.41, 5.74) is 1.39. The molecule has 0 aliphatic heterocycles. The van der Waals surface area contributed by atoms with E-state index in [0.717, 1.165) is 31.4 Å². The molecule has 0 saturated heterocycles. The molecule has 3 rings (SSSR count). The van der Waals surface area contributed by atoms with Crippen LogP contribution in [0.1, 0.15) is 37.8 Å². The van der Waals surface area contributed by atoms with Gasteiger partial charge in [-0.3, -0.25) is 9.78 Å². The van der Waals surface area contributed by atoms with E-state index in [1.165, 1.54) is 0 Å². The largest absolute Gasteiger partial charge is 0.487 e. The lowest BCUT2D eigenvalue weighted by atomic mass is 10.3. The molecular weight excluding hydrogens is 364 g/mol. The van der Waals surface area contributed by atoms with Crippen LogP contribution in [0.15, 0.2) is 48.7 Å². The second-order valence-electron chi connectivity index (χ2n) is 6.71. The van der Waals surface area contributed by atoms with E-state index < -0.39 is 9.84 Å². The Morgan fingerprint density at radius 1 is 1.15 bits per heavy atom. The van der Waals surface area contributed by atoms with Crippen LogP contribution in [-0.2, 0) is 21.2 Å². The van der Waals surface area contributed by atoms with Crippen molar-refractivity contribution in [2.24, 2.45) is 0 Å². The van der Waals surface area contributed by atoms with Gasteiger partial charge in [-0.15, -0.1) is 0 Å². The first-order chi connectivity index (χ1) is 13.0. The topological polar surface area (TPSA) is 85.4 Å². The van der Waals surface area contributed by atoms with Crippen LogP contribution in [0.25, 0.3) is 0 Å². The number of benzene rings is 1. The minimum Gasteiger partial charge on any atom is -0.487 e. The number of ether oxygens (including phenoxy) is 1. The Labute approximate surface area is 159 Å². The quantitative estimate of drug-likeness (QED) is 0.750. The Bertz CT molecular complexity index is 863. The fourth-order valence-corrected chi connectivity index (χ4v) is 5.03. The molecule has 0 radical (unpaired) electrons. The molecule has 1 amide bonds. The molecule has 144 valence electrons. The lowest BCUT2D eigenvalue weighted by Crippen LogP contribution is -2.24. The molecule has 0 atom stereocenters. The molecule has 1 aliphatic carbocycles. The van der Waals surface area contributed by atoms with Gasteiger partial charge >= 0.3 is 0 Å². The number of rotatable bonds is 8. The average molecular weight is 388 g/mol. The summed E-state index contributed by atoms with van der Waals surface area (Å²) in [6.45, 7) is 0.331. The number of nitrogens with one attached hydrogen (secondary N) is 1. The summed E-state index contributed by atoms with van der Waals surface area (Å²) >= 11 is 0. The molecule has 1 aliphatic rings. The molecule has 1 fully saturated rings. The normalized spacial score (nSPS) is 14.8. The van der Waals surface area contributed by atoms with Crippen LogP contribution in [0, 0.1) is 0 Å². The first-order valence-electron chi connectivity index (χ1n) is 9.17. The fourth-order valence-electron chi connectivity index (χ4n) is 3.18. The summed E-state index contributed by atoms with van der Waals surface area (Å²) in [5.74, 6) is 0.204. The van der Waals surface area contributed by atoms with E-state index in [2.05, 4.69) is 10.3 Å². The molecule has 27 heavy (non-hydrogen) atoms. The third-order valence-electron chi connectivity index (χ3n) is 4.65. The molecule has 1 heterocycles. The summed E-state index contributed by atoms with van der Waals surface area (Å²) in [6, 6.07) is 12.6. The second-order valence-corrected chi connectivity index (χ2v) is 9.11. The van der Waals surface area contributed by atoms with Gasteiger partial charge in [0.25, 0.3) is 0 Å². The van der Waals surface area contributed by atoms with Gasteiger partial charge in [0.05, 0.1) is 16.7 Å². The highest BCUT2D eigenvalue weighted by atomic mass is 32.2. The molecule has 1 aromatic heterocycles. The number of sulfone groups is 1. The number of hydrogen-bond acceptors (Lipinski definition) is 5. The third kappa shape index (κ3) is 5.79. The van der Waals surface area contributed by atoms with Crippen molar-refractivity contribution in [3.8, 4) is 5.75 Å². The smallest absolute Gasteiger partial charge is 0.225 e. The van der Waals surface area contributed by atoms with Gasteiger partial charge in [0, 0.05) is 24.4 Å². The van der Waals surface area contributed by atoms with Crippen LogP contribution >= 0.6 is 0 Å². The van der Waals surface area contributed by atoms with E-state index >= 15 is 0 Å².